The van der Waals surface area contributed by atoms with Crippen LogP contribution in [0.2, 0.25) is 0 Å². The van der Waals surface area contributed by atoms with E-state index in [4.69, 9.17) is 9.47 Å². The molecule has 0 bridgehead atoms. The molecule has 51 heavy (non-hydrogen) atoms. The van der Waals surface area contributed by atoms with Gasteiger partial charge in [0.15, 0.2) is 6.29 Å². The minimum absolute atomic E-state index is 0.141. The van der Waals surface area contributed by atoms with E-state index < -0.39 is 49.5 Å². The molecule has 0 radical (unpaired) electrons. The quantitative estimate of drug-likeness (QED) is 0.0283. The van der Waals surface area contributed by atoms with Crippen LogP contribution in [0.25, 0.3) is 0 Å². The van der Waals surface area contributed by atoms with Crippen LogP contribution in [-0.4, -0.2) is 87.5 Å². The number of nitrogens with one attached hydrogen (secondary N) is 1. The molecule has 7 unspecified atom stereocenters. The molecule has 1 aliphatic rings. The first-order chi connectivity index (χ1) is 24.8. The summed E-state index contributed by atoms with van der Waals surface area (Å²) in [6.45, 7) is 3.81. The van der Waals surface area contributed by atoms with Gasteiger partial charge in [-0.1, -0.05) is 161 Å². The fourth-order valence-electron chi connectivity index (χ4n) is 6.86. The Hall–Kier alpha value is -1.07. The number of hydrogen-bond donors (Lipinski definition) is 6. The summed E-state index contributed by atoms with van der Waals surface area (Å²) >= 11 is 0. The maximum absolute atomic E-state index is 12.9. The van der Waals surface area contributed by atoms with Gasteiger partial charge in [0, 0.05) is 6.42 Å². The molecule has 0 aromatic rings. The monoisotopic (exact) mass is 728 g/mol. The molecule has 0 aromatic carbocycles. The average molecular weight is 728 g/mol. The van der Waals surface area contributed by atoms with E-state index >= 15 is 0 Å². The molecule has 0 spiro atoms. The molecule has 0 saturated carbocycles. The van der Waals surface area contributed by atoms with E-state index in [2.05, 4.69) is 31.3 Å². The predicted molar refractivity (Wildman–Crippen MR) is 207 cm³/mol. The van der Waals surface area contributed by atoms with E-state index in [1.54, 1.807) is 0 Å². The van der Waals surface area contributed by atoms with E-state index in [0.29, 0.717) is 12.8 Å². The lowest BCUT2D eigenvalue weighted by atomic mass is 9.99. The standard InChI is InChI=1S/C42H81NO8/c1-3-5-7-9-11-13-15-17-18-20-21-23-25-27-29-31-36(45)35(34-50-42-41(49)40(48)39(47)37(33-44)51-42)43-38(46)32-30-28-26-24-22-19-16-14-12-10-8-6-4-2/h19,22,35-37,39-42,44-45,47-49H,3-18,20-21,23-34H2,1-2H3,(H,43,46)/b22-19-. The van der Waals surface area contributed by atoms with E-state index in [9.17, 15) is 30.3 Å². The van der Waals surface area contributed by atoms with Gasteiger partial charge < -0.3 is 40.3 Å². The lowest BCUT2D eigenvalue weighted by Gasteiger charge is -2.40. The molecule has 1 rings (SSSR count). The van der Waals surface area contributed by atoms with Crippen molar-refractivity contribution >= 4 is 5.91 Å². The van der Waals surface area contributed by atoms with Gasteiger partial charge in [-0.25, -0.2) is 0 Å². The van der Waals surface area contributed by atoms with Gasteiger partial charge in [-0.2, -0.15) is 0 Å². The molecule has 1 amide bonds. The molecule has 9 nitrogen and oxygen atoms in total. The molecule has 6 N–H and O–H groups in total. The van der Waals surface area contributed by atoms with Crippen molar-refractivity contribution in [1.29, 1.82) is 0 Å². The second-order valence-electron chi connectivity index (χ2n) is 15.1. The Morgan fingerprint density at radius 1 is 0.647 bits per heavy atom. The first kappa shape index (κ1) is 48.0. The van der Waals surface area contributed by atoms with Crippen LogP contribution < -0.4 is 5.32 Å². The number of unbranched alkanes of at least 4 members (excludes halogenated alkanes) is 23. The summed E-state index contributed by atoms with van der Waals surface area (Å²) in [5.41, 5.74) is 0. The summed E-state index contributed by atoms with van der Waals surface area (Å²) in [6.07, 6.45) is 29.3. The lowest BCUT2D eigenvalue weighted by Crippen LogP contribution is -2.60. The molecule has 0 aliphatic carbocycles. The summed E-state index contributed by atoms with van der Waals surface area (Å²) < 4.78 is 11.2. The van der Waals surface area contributed by atoms with Crippen LogP contribution in [0.5, 0.6) is 0 Å². The van der Waals surface area contributed by atoms with E-state index in [1.807, 2.05) is 0 Å². The Kier molecular flexibility index (Phi) is 31.5. The highest BCUT2D eigenvalue weighted by atomic mass is 16.7. The van der Waals surface area contributed by atoms with Gasteiger partial charge in [0.05, 0.1) is 25.4 Å². The number of amides is 1. The van der Waals surface area contributed by atoms with Crippen LogP contribution in [0.15, 0.2) is 12.2 Å². The van der Waals surface area contributed by atoms with Gasteiger partial charge in [0.25, 0.3) is 0 Å². The minimum Gasteiger partial charge on any atom is -0.394 e. The second-order valence-corrected chi connectivity index (χ2v) is 15.1. The van der Waals surface area contributed by atoms with Crippen molar-refractivity contribution in [3.63, 3.8) is 0 Å². The van der Waals surface area contributed by atoms with Gasteiger partial charge in [0.1, 0.15) is 24.4 Å². The topological polar surface area (TPSA) is 149 Å². The highest BCUT2D eigenvalue weighted by molar-refractivity contribution is 5.76. The van der Waals surface area contributed by atoms with Crippen molar-refractivity contribution in [2.75, 3.05) is 13.2 Å². The molecule has 9 heteroatoms. The van der Waals surface area contributed by atoms with E-state index in [-0.39, 0.29) is 12.5 Å². The largest absolute Gasteiger partial charge is 0.394 e. The Labute approximate surface area is 312 Å². The number of rotatable bonds is 35. The van der Waals surface area contributed by atoms with Crippen molar-refractivity contribution in [2.24, 2.45) is 0 Å². The number of allylic oxidation sites excluding steroid dienone is 2. The van der Waals surface area contributed by atoms with Crippen molar-refractivity contribution in [2.45, 2.75) is 236 Å². The number of hydrogen-bond acceptors (Lipinski definition) is 8. The van der Waals surface area contributed by atoms with Crippen LogP contribution in [-0.2, 0) is 14.3 Å². The molecule has 7 atom stereocenters. The SMILES string of the molecule is CCCCCCCC/C=C\CCCCCC(=O)NC(COC1OC(CO)C(O)C(O)C1O)C(O)CCCCCCCCCCCCCCCCC. The second kappa shape index (κ2) is 33.5. The summed E-state index contributed by atoms with van der Waals surface area (Å²) in [6, 6.07) is -0.721. The fraction of sp³-hybridized carbons (Fsp3) is 0.929. The zero-order chi connectivity index (χ0) is 37.4. The van der Waals surface area contributed by atoms with Crippen molar-refractivity contribution in [1.82, 2.24) is 5.32 Å². The summed E-state index contributed by atoms with van der Waals surface area (Å²) in [4.78, 5) is 12.9. The Bertz CT molecular complexity index is 812. The average Bonchev–Trinajstić information content (AvgIpc) is 3.13. The summed E-state index contributed by atoms with van der Waals surface area (Å²) in [5.74, 6) is -0.161. The fourth-order valence-corrected chi connectivity index (χ4v) is 6.86. The Morgan fingerprint density at radius 3 is 1.59 bits per heavy atom. The van der Waals surface area contributed by atoms with Gasteiger partial charge in [-0.05, 0) is 38.5 Å². The highest BCUT2D eigenvalue weighted by Gasteiger charge is 2.44. The van der Waals surface area contributed by atoms with Crippen LogP contribution >= 0.6 is 0 Å². The Morgan fingerprint density at radius 2 is 1.10 bits per heavy atom. The molecule has 1 fully saturated rings. The van der Waals surface area contributed by atoms with E-state index in [0.717, 1.165) is 51.4 Å². The van der Waals surface area contributed by atoms with Gasteiger partial charge >= 0.3 is 0 Å². The maximum atomic E-state index is 12.9. The third-order valence-electron chi connectivity index (χ3n) is 10.4. The zero-order valence-electron chi connectivity index (χ0n) is 32.9. The molecule has 0 aromatic heterocycles. The van der Waals surface area contributed by atoms with Crippen LogP contribution in [0.3, 0.4) is 0 Å². The molecule has 1 aliphatic heterocycles. The normalized spacial score (nSPS) is 22.1. The summed E-state index contributed by atoms with van der Waals surface area (Å²) in [5, 5.41) is 54.2. The summed E-state index contributed by atoms with van der Waals surface area (Å²) in [7, 11) is 0. The zero-order valence-corrected chi connectivity index (χ0v) is 32.9. The number of aliphatic hydroxyl groups excluding tert-OH is 5. The van der Waals surface area contributed by atoms with E-state index in [1.165, 1.54) is 116 Å². The molecule has 1 saturated heterocycles. The molecular formula is C42H81NO8. The number of aliphatic hydroxyl groups is 5. The first-order valence-electron chi connectivity index (χ1n) is 21.4. The maximum Gasteiger partial charge on any atom is 0.220 e. The van der Waals surface area contributed by atoms with Crippen LogP contribution in [0.4, 0.5) is 0 Å². The van der Waals surface area contributed by atoms with Crippen LogP contribution in [0.1, 0.15) is 194 Å². The third kappa shape index (κ3) is 24.8. The van der Waals surface area contributed by atoms with Crippen molar-refractivity contribution < 1.29 is 39.8 Å². The van der Waals surface area contributed by atoms with Crippen molar-refractivity contribution in [3.05, 3.63) is 12.2 Å². The van der Waals surface area contributed by atoms with Crippen molar-refractivity contribution in [3.8, 4) is 0 Å². The lowest BCUT2D eigenvalue weighted by molar-refractivity contribution is -0.302. The van der Waals surface area contributed by atoms with Gasteiger partial charge in [-0.15, -0.1) is 0 Å². The highest BCUT2D eigenvalue weighted by Crippen LogP contribution is 2.23. The third-order valence-corrected chi connectivity index (χ3v) is 10.4. The van der Waals surface area contributed by atoms with Gasteiger partial charge in [0.2, 0.25) is 5.91 Å². The first-order valence-corrected chi connectivity index (χ1v) is 21.4. The Balaban J connectivity index is 2.38. The molecule has 1 heterocycles. The molecular weight excluding hydrogens is 646 g/mol. The number of ether oxygens (including phenoxy) is 2. The molecule has 302 valence electrons. The number of carbonyl (C=O) groups excluding carboxylic acids is 1. The number of carbonyl (C=O) groups is 1. The van der Waals surface area contributed by atoms with Crippen LogP contribution in [0, 0.1) is 0 Å². The van der Waals surface area contributed by atoms with Gasteiger partial charge in [-0.3, -0.25) is 4.79 Å². The smallest absolute Gasteiger partial charge is 0.220 e. The minimum atomic E-state index is -1.55. The predicted octanol–water partition coefficient (Wildman–Crippen LogP) is 8.17.